The number of hydrogen-bond donors (Lipinski definition) is 1. The molecule has 2 heterocycles. The largest absolute Gasteiger partial charge is 0.491 e. The predicted molar refractivity (Wildman–Crippen MR) is 112 cm³/mol. The number of piperidine rings is 1. The van der Waals surface area contributed by atoms with Gasteiger partial charge in [0.1, 0.15) is 12.4 Å². The molecule has 1 N–H and O–H groups in total. The lowest BCUT2D eigenvalue weighted by Crippen LogP contribution is -2.47. The summed E-state index contributed by atoms with van der Waals surface area (Å²) in [4.78, 5) is 2.40. The van der Waals surface area contributed by atoms with Gasteiger partial charge >= 0.3 is 0 Å². The Balaban J connectivity index is 1.52. The number of benzene rings is 1. The molecule has 0 saturated carbocycles. The van der Waals surface area contributed by atoms with E-state index in [9.17, 15) is 13.5 Å². The molecular formula is C19H28Cl2N2O4S. The van der Waals surface area contributed by atoms with Crippen LogP contribution >= 0.6 is 23.2 Å². The third-order valence-electron chi connectivity index (χ3n) is 5.76. The number of ether oxygens (including phenoxy) is 1. The second kappa shape index (κ2) is 9.06. The van der Waals surface area contributed by atoms with Crippen LogP contribution < -0.4 is 4.74 Å². The van der Waals surface area contributed by atoms with Crippen LogP contribution in [-0.2, 0) is 10.0 Å². The highest BCUT2D eigenvalue weighted by Crippen LogP contribution is 2.30. The van der Waals surface area contributed by atoms with Crippen molar-refractivity contribution in [1.82, 2.24) is 9.21 Å². The van der Waals surface area contributed by atoms with Crippen molar-refractivity contribution in [2.24, 2.45) is 0 Å². The molecule has 0 radical (unpaired) electrons. The third-order valence-corrected chi connectivity index (χ3v) is 7.80. The van der Waals surface area contributed by atoms with Gasteiger partial charge < -0.3 is 14.7 Å². The molecule has 2 aliphatic heterocycles. The van der Waals surface area contributed by atoms with E-state index >= 15 is 0 Å². The van der Waals surface area contributed by atoms with Crippen LogP contribution in [0.3, 0.4) is 0 Å². The first-order chi connectivity index (χ1) is 13.2. The summed E-state index contributed by atoms with van der Waals surface area (Å²) in [6, 6.07) is 5.46. The van der Waals surface area contributed by atoms with Crippen LogP contribution in [-0.4, -0.2) is 73.4 Å². The average molecular weight is 451 g/mol. The zero-order valence-electron chi connectivity index (χ0n) is 16.1. The number of sulfonamides is 1. The van der Waals surface area contributed by atoms with Gasteiger partial charge in [-0.05, 0) is 50.8 Å². The number of hydrogen-bond acceptors (Lipinski definition) is 5. The third kappa shape index (κ3) is 5.74. The molecule has 28 heavy (non-hydrogen) atoms. The summed E-state index contributed by atoms with van der Waals surface area (Å²) in [5.41, 5.74) is -0.881. The summed E-state index contributed by atoms with van der Waals surface area (Å²) >= 11 is 11.9. The van der Waals surface area contributed by atoms with Crippen LogP contribution in [0, 0.1) is 0 Å². The molecule has 0 aromatic heterocycles. The van der Waals surface area contributed by atoms with E-state index in [4.69, 9.17) is 27.9 Å². The second-order valence-corrected chi connectivity index (χ2v) is 10.7. The molecule has 1 aromatic rings. The molecule has 2 saturated heterocycles. The molecule has 0 unspecified atom stereocenters. The minimum absolute atomic E-state index is 0.214. The summed E-state index contributed by atoms with van der Waals surface area (Å²) in [6.07, 6.45) is 5.13. The van der Waals surface area contributed by atoms with Crippen molar-refractivity contribution in [3.8, 4) is 5.75 Å². The summed E-state index contributed by atoms with van der Waals surface area (Å²) in [5.74, 6) is 0.595. The zero-order chi connectivity index (χ0) is 20.4. The van der Waals surface area contributed by atoms with Crippen molar-refractivity contribution in [3.63, 3.8) is 0 Å². The lowest BCUT2D eigenvalue weighted by molar-refractivity contribution is -0.0179. The molecule has 2 fully saturated rings. The number of rotatable bonds is 5. The monoisotopic (exact) mass is 450 g/mol. The maximum atomic E-state index is 11.7. The van der Waals surface area contributed by atoms with Crippen molar-refractivity contribution in [2.45, 2.75) is 43.7 Å². The Morgan fingerprint density at radius 1 is 1.14 bits per heavy atom. The lowest BCUT2D eigenvalue weighted by Gasteiger charge is -2.37. The molecule has 0 bridgehead atoms. The van der Waals surface area contributed by atoms with Crippen LogP contribution in [0.2, 0.25) is 10.0 Å². The molecule has 0 amide bonds. The highest BCUT2D eigenvalue weighted by atomic mass is 35.5. The van der Waals surface area contributed by atoms with E-state index in [0.717, 1.165) is 32.4 Å². The molecule has 0 spiro atoms. The molecule has 0 aliphatic carbocycles. The SMILES string of the molecule is CS(=O)(=O)N1CCC(N2CCC[C@](O)(COc3ccc(Cl)c(Cl)c3)CC2)CC1. The summed E-state index contributed by atoms with van der Waals surface area (Å²) in [5, 5.41) is 11.9. The molecule has 158 valence electrons. The normalized spacial score (nSPS) is 26.1. The van der Waals surface area contributed by atoms with Gasteiger partial charge in [0.25, 0.3) is 0 Å². The first-order valence-corrected chi connectivity index (χ1v) is 12.3. The van der Waals surface area contributed by atoms with Gasteiger partial charge in [0.15, 0.2) is 0 Å². The fourth-order valence-electron chi connectivity index (χ4n) is 4.03. The second-order valence-electron chi connectivity index (χ2n) is 7.87. The van der Waals surface area contributed by atoms with Gasteiger partial charge in [0.05, 0.1) is 21.9 Å². The Hall–Kier alpha value is -0.570. The van der Waals surface area contributed by atoms with Gasteiger partial charge in [-0.25, -0.2) is 12.7 Å². The van der Waals surface area contributed by atoms with Gasteiger partial charge in [0, 0.05) is 31.7 Å². The Morgan fingerprint density at radius 3 is 2.50 bits per heavy atom. The Labute approximate surface area is 177 Å². The van der Waals surface area contributed by atoms with Crippen LogP contribution in [0.25, 0.3) is 0 Å². The molecular weight excluding hydrogens is 423 g/mol. The molecule has 9 heteroatoms. The van der Waals surface area contributed by atoms with Crippen molar-refractivity contribution in [2.75, 3.05) is 39.0 Å². The van der Waals surface area contributed by atoms with Crippen molar-refractivity contribution in [3.05, 3.63) is 28.2 Å². The van der Waals surface area contributed by atoms with Gasteiger partial charge in [-0.2, -0.15) is 0 Å². The van der Waals surface area contributed by atoms with E-state index in [0.29, 0.717) is 47.8 Å². The van der Waals surface area contributed by atoms with E-state index in [1.54, 1.807) is 22.5 Å². The number of aliphatic hydroxyl groups is 1. The maximum Gasteiger partial charge on any atom is 0.211 e. The number of likely N-dealkylation sites (tertiary alicyclic amines) is 1. The van der Waals surface area contributed by atoms with Gasteiger partial charge in [-0.1, -0.05) is 23.2 Å². The Morgan fingerprint density at radius 2 is 1.86 bits per heavy atom. The fraction of sp³-hybridized carbons (Fsp3) is 0.684. The molecule has 2 aliphatic rings. The summed E-state index contributed by atoms with van der Waals surface area (Å²) in [7, 11) is -3.10. The van der Waals surface area contributed by atoms with Crippen LogP contribution in [0.1, 0.15) is 32.1 Å². The van der Waals surface area contributed by atoms with Crippen LogP contribution in [0.5, 0.6) is 5.75 Å². The molecule has 1 atom stereocenters. The average Bonchev–Trinajstić information content (AvgIpc) is 2.84. The Kier molecular flexibility index (Phi) is 7.16. The van der Waals surface area contributed by atoms with E-state index in [2.05, 4.69) is 4.90 Å². The number of halogens is 2. The zero-order valence-corrected chi connectivity index (χ0v) is 18.4. The lowest BCUT2D eigenvalue weighted by atomic mass is 9.96. The van der Waals surface area contributed by atoms with E-state index < -0.39 is 15.6 Å². The standard InChI is InChI=1S/C19H28Cl2N2O4S/c1-28(25,26)23-10-5-15(6-11-23)22-9-2-7-19(24,8-12-22)14-27-16-3-4-17(20)18(21)13-16/h3-4,13,15,24H,2,5-12,14H2,1H3/t19-/m1/s1. The molecule has 6 nitrogen and oxygen atoms in total. The van der Waals surface area contributed by atoms with Crippen LogP contribution in [0.4, 0.5) is 0 Å². The van der Waals surface area contributed by atoms with Crippen molar-refractivity contribution < 1.29 is 18.3 Å². The molecule has 1 aromatic carbocycles. The van der Waals surface area contributed by atoms with Crippen molar-refractivity contribution >= 4 is 33.2 Å². The van der Waals surface area contributed by atoms with Gasteiger partial charge in [-0.15, -0.1) is 0 Å². The minimum atomic E-state index is -3.10. The predicted octanol–water partition coefficient (Wildman–Crippen LogP) is 3.01. The van der Waals surface area contributed by atoms with Gasteiger partial charge in [0.2, 0.25) is 10.0 Å². The van der Waals surface area contributed by atoms with Crippen LogP contribution in [0.15, 0.2) is 18.2 Å². The van der Waals surface area contributed by atoms with Crippen molar-refractivity contribution in [1.29, 1.82) is 0 Å². The highest BCUT2D eigenvalue weighted by molar-refractivity contribution is 7.88. The highest BCUT2D eigenvalue weighted by Gasteiger charge is 2.35. The first kappa shape index (κ1) is 22.1. The summed E-state index contributed by atoms with van der Waals surface area (Å²) < 4.78 is 30.7. The Bertz CT molecular complexity index is 784. The smallest absolute Gasteiger partial charge is 0.211 e. The first-order valence-electron chi connectivity index (χ1n) is 9.66. The van der Waals surface area contributed by atoms with E-state index in [1.165, 1.54) is 6.26 Å². The number of nitrogens with zero attached hydrogens (tertiary/aromatic N) is 2. The van der Waals surface area contributed by atoms with E-state index in [1.807, 2.05) is 0 Å². The van der Waals surface area contributed by atoms with E-state index in [-0.39, 0.29) is 6.61 Å². The fourth-order valence-corrected chi connectivity index (χ4v) is 5.19. The topological polar surface area (TPSA) is 70.1 Å². The maximum absolute atomic E-state index is 11.7. The summed E-state index contributed by atoms with van der Waals surface area (Å²) in [6.45, 7) is 3.06. The quantitative estimate of drug-likeness (QED) is 0.746. The molecule has 3 rings (SSSR count). The minimum Gasteiger partial charge on any atom is -0.491 e. The van der Waals surface area contributed by atoms with Gasteiger partial charge in [-0.3, -0.25) is 0 Å².